The topological polar surface area (TPSA) is 61.8 Å². The van der Waals surface area contributed by atoms with E-state index in [9.17, 15) is 9.59 Å². The minimum absolute atomic E-state index is 0.0337. The van der Waals surface area contributed by atoms with Crippen molar-refractivity contribution >= 4 is 23.4 Å². The van der Waals surface area contributed by atoms with Crippen molar-refractivity contribution in [1.82, 2.24) is 0 Å². The smallest absolute Gasteiger partial charge is 0.306 e. The molecule has 2 aromatic carbocycles. The zero-order valence-corrected chi connectivity index (χ0v) is 13.5. The highest BCUT2D eigenvalue weighted by atomic mass is 35.5. The predicted octanol–water partition coefficient (Wildman–Crippen LogP) is 3.78. The number of hydrogen-bond acceptors (Lipinski definition) is 5. The molecular formula is C18H15ClO5. The number of rotatable bonds is 6. The van der Waals surface area contributed by atoms with E-state index < -0.39 is 5.97 Å². The summed E-state index contributed by atoms with van der Waals surface area (Å²) in [6.45, 7) is 0.329. The van der Waals surface area contributed by atoms with Gasteiger partial charge < -0.3 is 14.2 Å². The van der Waals surface area contributed by atoms with Gasteiger partial charge in [-0.05, 0) is 42.0 Å². The van der Waals surface area contributed by atoms with Gasteiger partial charge in [0.15, 0.2) is 17.3 Å². The van der Waals surface area contributed by atoms with Crippen LogP contribution in [0, 0.1) is 0 Å². The highest BCUT2D eigenvalue weighted by Gasteiger charge is 2.14. The molecule has 0 saturated heterocycles. The summed E-state index contributed by atoms with van der Waals surface area (Å²) in [5.74, 6) is 0.779. The maximum atomic E-state index is 12.0. The maximum Gasteiger partial charge on any atom is 0.306 e. The molecule has 0 unspecified atom stereocenters. The zero-order chi connectivity index (χ0) is 16.9. The van der Waals surface area contributed by atoms with Crippen LogP contribution in [-0.2, 0) is 16.1 Å². The lowest BCUT2D eigenvalue weighted by molar-refractivity contribution is -0.144. The van der Waals surface area contributed by atoms with Gasteiger partial charge in [0.2, 0.25) is 6.79 Å². The maximum absolute atomic E-state index is 12.0. The zero-order valence-electron chi connectivity index (χ0n) is 12.8. The van der Waals surface area contributed by atoms with Crippen molar-refractivity contribution in [3.8, 4) is 11.5 Å². The molecule has 24 heavy (non-hydrogen) atoms. The van der Waals surface area contributed by atoms with Crippen molar-refractivity contribution in [1.29, 1.82) is 0 Å². The molecule has 0 fully saturated rings. The molecule has 0 aromatic heterocycles. The third kappa shape index (κ3) is 4.06. The van der Waals surface area contributed by atoms with Crippen LogP contribution in [0.3, 0.4) is 0 Å². The number of Topliss-reactive ketones (excluding diaryl/α,β-unsaturated/α-hetero) is 1. The van der Waals surface area contributed by atoms with Gasteiger partial charge in [0.05, 0.1) is 6.42 Å². The molecule has 1 aliphatic heterocycles. The second kappa shape index (κ2) is 7.36. The first kappa shape index (κ1) is 16.3. The molecule has 0 radical (unpaired) electrons. The average molecular weight is 347 g/mol. The van der Waals surface area contributed by atoms with E-state index in [2.05, 4.69) is 0 Å². The molecule has 124 valence electrons. The summed E-state index contributed by atoms with van der Waals surface area (Å²) in [5, 5.41) is 0.565. The first-order valence-electron chi connectivity index (χ1n) is 7.45. The Labute approximate surface area is 144 Å². The van der Waals surface area contributed by atoms with Crippen LogP contribution in [0.4, 0.5) is 0 Å². The van der Waals surface area contributed by atoms with Gasteiger partial charge in [0.1, 0.15) is 6.61 Å². The van der Waals surface area contributed by atoms with Gasteiger partial charge in [-0.15, -0.1) is 0 Å². The summed E-state index contributed by atoms with van der Waals surface area (Å²) in [4.78, 5) is 23.8. The lowest BCUT2D eigenvalue weighted by Crippen LogP contribution is -2.08. The molecule has 3 rings (SSSR count). The first-order valence-corrected chi connectivity index (χ1v) is 7.82. The van der Waals surface area contributed by atoms with Crippen LogP contribution in [0.15, 0.2) is 42.5 Å². The summed E-state index contributed by atoms with van der Waals surface area (Å²) in [6.07, 6.45) is 0.133. The van der Waals surface area contributed by atoms with Crippen molar-refractivity contribution < 1.29 is 23.8 Å². The van der Waals surface area contributed by atoms with Gasteiger partial charge in [-0.2, -0.15) is 0 Å². The molecule has 0 bridgehead atoms. The summed E-state index contributed by atoms with van der Waals surface area (Å²) in [6, 6.07) is 11.9. The van der Waals surface area contributed by atoms with Gasteiger partial charge in [-0.25, -0.2) is 0 Å². The van der Waals surface area contributed by atoms with Crippen molar-refractivity contribution in [2.24, 2.45) is 0 Å². The van der Waals surface area contributed by atoms with E-state index in [1.807, 2.05) is 0 Å². The van der Waals surface area contributed by atoms with Gasteiger partial charge in [-0.3, -0.25) is 9.59 Å². The highest BCUT2D eigenvalue weighted by Crippen LogP contribution is 2.32. The van der Waals surface area contributed by atoms with E-state index in [-0.39, 0.29) is 32.0 Å². The SMILES string of the molecule is O=C(CCC(=O)c1ccc(Cl)cc1)OCc1ccc2c(c1)OCO2. The molecule has 6 heteroatoms. The van der Waals surface area contributed by atoms with Crippen molar-refractivity contribution in [2.45, 2.75) is 19.4 Å². The van der Waals surface area contributed by atoms with E-state index in [0.29, 0.717) is 22.1 Å². The fourth-order valence-corrected chi connectivity index (χ4v) is 2.39. The van der Waals surface area contributed by atoms with Gasteiger partial charge >= 0.3 is 5.97 Å². The monoisotopic (exact) mass is 346 g/mol. The van der Waals surface area contributed by atoms with Gasteiger partial charge in [0.25, 0.3) is 0 Å². The molecule has 1 heterocycles. The Balaban J connectivity index is 1.46. The number of carbonyl (C=O) groups is 2. The molecule has 0 atom stereocenters. The molecule has 0 amide bonds. The molecule has 0 saturated carbocycles. The number of fused-ring (bicyclic) bond motifs is 1. The Hall–Kier alpha value is -2.53. The van der Waals surface area contributed by atoms with Crippen LogP contribution in [0.5, 0.6) is 11.5 Å². The first-order chi connectivity index (χ1) is 11.6. The summed E-state index contributed by atoms with van der Waals surface area (Å²) in [5.41, 5.74) is 1.33. The van der Waals surface area contributed by atoms with Crippen LogP contribution >= 0.6 is 11.6 Å². The summed E-state index contributed by atoms with van der Waals surface area (Å²) >= 11 is 5.78. The standard InChI is InChI=1S/C18H15ClO5/c19-14-4-2-13(3-5-14)15(20)6-8-18(21)22-10-12-1-7-16-17(9-12)24-11-23-16/h1-5,7,9H,6,8,10-11H2. The quantitative estimate of drug-likeness (QED) is 0.588. The summed E-state index contributed by atoms with van der Waals surface area (Å²) < 4.78 is 15.7. The number of ether oxygens (including phenoxy) is 3. The van der Waals surface area contributed by atoms with Gasteiger partial charge in [-0.1, -0.05) is 17.7 Å². The number of esters is 1. The number of halogens is 1. The van der Waals surface area contributed by atoms with Crippen LogP contribution in [0.25, 0.3) is 0 Å². The second-order valence-corrected chi connectivity index (χ2v) is 5.71. The molecule has 2 aromatic rings. The molecule has 0 N–H and O–H groups in total. The van der Waals surface area contributed by atoms with E-state index in [1.54, 1.807) is 42.5 Å². The number of hydrogen-bond donors (Lipinski definition) is 0. The van der Waals surface area contributed by atoms with Crippen LogP contribution < -0.4 is 9.47 Å². The molecule has 5 nitrogen and oxygen atoms in total. The second-order valence-electron chi connectivity index (χ2n) is 5.28. The predicted molar refractivity (Wildman–Crippen MR) is 87.4 cm³/mol. The third-order valence-corrected chi connectivity index (χ3v) is 3.81. The van der Waals surface area contributed by atoms with E-state index in [4.69, 9.17) is 25.8 Å². The number of benzene rings is 2. The van der Waals surface area contributed by atoms with Gasteiger partial charge in [0, 0.05) is 17.0 Å². The van der Waals surface area contributed by atoms with E-state index in [0.717, 1.165) is 5.56 Å². The lowest BCUT2D eigenvalue weighted by atomic mass is 10.1. The van der Waals surface area contributed by atoms with Crippen molar-refractivity contribution in [3.05, 3.63) is 58.6 Å². The highest BCUT2D eigenvalue weighted by molar-refractivity contribution is 6.30. The average Bonchev–Trinajstić information content (AvgIpc) is 3.06. The Kier molecular flexibility index (Phi) is 5.01. The Morgan fingerprint density at radius 2 is 1.75 bits per heavy atom. The lowest BCUT2D eigenvalue weighted by Gasteiger charge is -2.06. The Bertz CT molecular complexity index is 755. The fraction of sp³-hybridized carbons (Fsp3) is 0.222. The van der Waals surface area contributed by atoms with Crippen LogP contribution in [0.1, 0.15) is 28.8 Å². The van der Waals surface area contributed by atoms with E-state index >= 15 is 0 Å². The number of ketones is 1. The molecule has 0 spiro atoms. The number of carbonyl (C=O) groups excluding carboxylic acids is 2. The Morgan fingerprint density at radius 1 is 1.00 bits per heavy atom. The third-order valence-electron chi connectivity index (χ3n) is 3.56. The minimum Gasteiger partial charge on any atom is -0.461 e. The largest absolute Gasteiger partial charge is 0.461 e. The van der Waals surface area contributed by atoms with Crippen molar-refractivity contribution in [3.63, 3.8) is 0 Å². The van der Waals surface area contributed by atoms with Crippen LogP contribution in [0.2, 0.25) is 5.02 Å². The normalized spacial score (nSPS) is 12.0. The van der Waals surface area contributed by atoms with Crippen molar-refractivity contribution in [2.75, 3.05) is 6.79 Å². The Morgan fingerprint density at radius 3 is 2.54 bits per heavy atom. The van der Waals surface area contributed by atoms with Crippen LogP contribution in [-0.4, -0.2) is 18.5 Å². The molecule has 0 aliphatic carbocycles. The fourth-order valence-electron chi connectivity index (χ4n) is 2.26. The molecular weight excluding hydrogens is 332 g/mol. The molecule has 1 aliphatic rings. The van der Waals surface area contributed by atoms with E-state index in [1.165, 1.54) is 0 Å². The summed E-state index contributed by atoms with van der Waals surface area (Å²) in [7, 11) is 0. The minimum atomic E-state index is -0.421.